The number of imidazole rings is 1. The molecule has 0 spiro atoms. The van der Waals surface area contributed by atoms with Crippen LogP contribution in [0.1, 0.15) is 35.4 Å². The van der Waals surface area contributed by atoms with Crippen LogP contribution in [-0.4, -0.2) is 14.5 Å². The zero-order chi connectivity index (χ0) is 17.4. The Morgan fingerprint density at radius 1 is 1.16 bits per heavy atom. The molecule has 1 aromatic carbocycles. The van der Waals surface area contributed by atoms with E-state index in [1.54, 1.807) is 0 Å². The van der Waals surface area contributed by atoms with Crippen LogP contribution in [0.15, 0.2) is 48.9 Å². The number of rotatable bonds is 5. The van der Waals surface area contributed by atoms with Gasteiger partial charge in [-0.3, -0.25) is 0 Å². The monoisotopic (exact) mass is 352 g/mol. The van der Waals surface area contributed by atoms with Crippen molar-refractivity contribution >= 4 is 11.6 Å². The van der Waals surface area contributed by atoms with Crippen LogP contribution in [0, 0.1) is 13.8 Å². The lowest BCUT2D eigenvalue weighted by molar-refractivity contribution is 0.516. The van der Waals surface area contributed by atoms with Gasteiger partial charge in [0.15, 0.2) is 0 Å². The molecule has 0 radical (unpaired) electrons. The van der Waals surface area contributed by atoms with E-state index in [1.807, 2.05) is 31.6 Å². The Labute approximate surface area is 152 Å². The molecule has 3 aromatic rings. The van der Waals surface area contributed by atoms with Crippen LogP contribution in [0.3, 0.4) is 0 Å². The second-order valence-corrected chi connectivity index (χ2v) is 7.15. The number of halogens is 1. The standard InChI is InChI=1S/C20H21ClN4/c1-14-11-18(25-10-9-22-15(25)2)5-3-16(14)12-24-20(7-8-20)17-4-6-19(21)23-13-17/h3-6,9-11,13,24H,7-8,12H2,1-2H3. The fourth-order valence-electron chi connectivity index (χ4n) is 3.29. The Morgan fingerprint density at radius 2 is 2.00 bits per heavy atom. The molecule has 0 saturated heterocycles. The van der Waals surface area contributed by atoms with Gasteiger partial charge in [-0.05, 0) is 61.6 Å². The number of benzene rings is 1. The molecule has 4 rings (SSSR count). The summed E-state index contributed by atoms with van der Waals surface area (Å²) in [5.41, 5.74) is 5.03. The molecule has 0 aliphatic heterocycles. The predicted molar refractivity (Wildman–Crippen MR) is 100 cm³/mol. The van der Waals surface area contributed by atoms with E-state index in [0.29, 0.717) is 5.15 Å². The van der Waals surface area contributed by atoms with E-state index in [4.69, 9.17) is 11.6 Å². The van der Waals surface area contributed by atoms with Gasteiger partial charge in [0.05, 0.1) is 0 Å². The van der Waals surface area contributed by atoms with Gasteiger partial charge in [-0.25, -0.2) is 9.97 Å². The number of aromatic nitrogens is 3. The van der Waals surface area contributed by atoms with Crippen molar-refractivity contribution in [2.45, 2.75) is 38.8 Å². The third-order valence-electron chi connectivity index (χ3n) is 5.08. The summed E-state index contributed by atoms with van der Waals surface area (Å²) < 4.78 is 2.10. The average molecular weight is 353 g/mol. The second kappa shape index (κ2) is 6.28. The van der Waals surface area contributed by atoms with Gasteiger partial charge in [0.2, 0.25) is 0 Å². The lowest BCUT2D eigenvalue weighted by Crippen LogP contribution is -2.28. The number of nitrogens with zero attached hydrogens (tertiary/aromatic N) is 3. The Hall–Kier alpha value is -2.17. The lowest BCUT2D eigenvalue weighted by Gasteiger charge is -2.19. The van der Waals surface area contributed by atoms with Gasteiger partial charge in [-0.2, -0.15) is 0 Å². The van der Waals surface area contributed by atoms with Crippen LogP contribution >= 0.6 is 11.6 Å². The quantitative estimate of drug-likeness (QED) is 0.695. The minimum atomic E-state index is 0.0592. The van der Waals surface area contributed by atoms with E-state index in [9.17, 15) is 0 Å². The summed E-state index contributed by atoms with van der Waals surface area (Å²) >= 11 is 5.91. The molecule has 1 aliphatic carbocycles. The van der Waals surface area contributed by atoms with Crippen molar-refractivity contribution in [1.29, 1.82) is 0 Å². The summed E-state index contributed by atoms with van der Waals surface area (Å²) in [6.45, 7) is 5.02. The molecule has 0 unspecified atom stereocenters. The van der Waals surface area contributed by atoms with Crippen molar-refractivity contribution < 1.29 is 0 Å². The van der Waals surface area contributed by atoms with E-state index < -0.39 is 0 Å². The summed E-state index contributed by atoms with van der Waals surface area (Å²) in [5.74, 6) is 0.998. The normalized spacial score (nSPS) is 15.3. The molecule has 0 amide bonds. The van der Waals surface area contributed by atoms with Crippen LogP contribution in [0.4, 0.5) is 0 Å². The van der Waals surface area contributed by atoms with E-state index in [1.165, 1.54) is 16.7 Å². The Kier molecular flexibility index (Phi) is 4.10. The summed E-state index contributed by atoms with van der Waals surface area (Å²) in [4.78, 5) is 8.52. The van der Waals surface area contributed by atoms with E-state index in [-0.39, 0.29) is 5.54 Å². The molecule has 1 N–H and O–H groups in total. The maximum Gasteiger partial charge on any atom is 0.129 e. The van der Waals surface area contributed by atoms with Crippen molar-refractivity contribution in [3.8, 4) is 5.69 Å². The van der Waals surface area contributed by atoms with E-state index >= 15 is 0 Å². The number of aryl methyl sites for hydroxylation is 2. The number of hydrogen-bond donors (Lipinski definition) is 1. The molecule has 1 aliphatic rings. The molecule has 0 bridgehead atoms. The van der Waals surface area contributed by atoms with Gasteiger partial charge in [0.25, 0.3) is 0 Å². The zero-order valence-corrected chi connectivity index (χ0v) is 15.2. The number of pyridine rings is 1. The fourth-order valence-corrected chi connectivity index (χ4v) is 3.41. The SMILES string of the molecule is Cc1cc(-n2ccnc2C)ccc1CNC1(c2ccc(Cl)nc2)CC1. The van der Waals surface area contributed by atoms with Gasteiger partial charge < -0.3 is 9.88 Å². The van der Waals surface area contributed by atoms with Crippen LogP contribution in [-0.2, 0) is 12.1 Å². The third kappa shape index (κ3) is 3.20. The minimum Gasteiger partial charge on any atom is -0.304 e. The first kappa shape index (κ1) is 16.3. The molecule has 2 heterocycles. The first-order valence-electron chi connectivity index (χ1n) is 8.54. The molecular weight excluding hydrogens is 332 g/mol. The summed E-state index contributed by atoms with van der Waals surface area (Å²) in [7, 11) is 0. The van der Waals surface area contributed by atoms with Gasteiger partial charge >= 0.3 is 0 Å². The van der Waals surface area contributed by atoms with Crippen molar-refractivity contribution in [2.75, 3.05) is 0 Å². The Balaban J connectivity index is 1.50. The minimum absolute atomic E-state index is 0.0592. The van der Waals surface area contributed by atoms with Crippen LogP contribution in [0.2, 0.25) is 5.15 Å². The third-order valence-corrected chi connectivity index (χ3v) is 5.30. The summed E-state index contributed by atoms with van der Waals surface area (Å²) in [6, 6.07) is 10.5. The highest BCUT2D eigenvalue weighted by Crippen LogP contribution is 2.45. The summed E-state index contributed by atoms with van der Waals surface area (Å²) in [6.07, 6.45) is 8.00. The highest BCUT2D eigenvalue weighted by molar-refractivity contribution is 6.29. The van der Waals surface area contributed by atoms with Gasteiger partial charge in [-0.1, -0.05) is 23.7 Å². The highest BCUT2D eigenvalue weighted by atomic mass is 35.5. The second-order valence-electron chi connectivity index (χ2n) is 6.76. The van der Waals surface area contributed by atoms with Crippen molar-refractivity contribution in [3.05, 3.63) is 76.6 Å². The van der Waals surface area contributed by atoms with Gasteiger partial charge in [0, 0.05) is 36.4 Å². The van der Waals surface area contributed by atoms with Crippen LogP contribution in [0.5, 0.6) is 0 Å². The largest absolute Gasteiger partial charge is 0.304 e. The Morgan fingerprint density at radius 3 is 2.60 bits per heavy atom. The highest BCUT2D eigenvalue weighted by Gasteiger charge is 2.44. The number of nitrogens with one attached hydrogen (secondary N) is 1. The van der Waals surface area contributed by atoms with Gasteiger partial charge in [-0.15, -0.1) is 0 Å². The molecule has 128 valence electrons. The van der Waals surface area contributed by atoms with Crippen molar-refractivity contribution in [2.24, 2.45) is 0 Å². The smallest absolute Gasteiger partial charge is 0.129 e. The zero-order valence-electron chi connectivity index (χ0n) is 14.5. The Bertz CT molecular complexity index is 894. The molecule has 25 heavy (non-hydrogen) atoms. The maximum atomic E-state index is 5.91. The topological polar surface area (TPSA) is 42.7 Å². The molecule has 4 nitrogen and oxygen atoms in total. The predicted octanol–water partition coefficient (Wildman–Crippen LogP) is 4.32. The van der Waals surface area contributed by atoms with Crippen LogP contribution in [0.25, 0.3) is 5.69 Å². The van der Waals surface area contributed by atoms with Crippen molar-refractivity contribution in [1.82, 2.24) is 19.9 Å². The number of hydrogen-bond acceptors (Lipinski definition) is 3. The summed E-state index contributed by atoms with van der Waals surface area (Å²) in [5, 5.41) is 4.27. The maximum absolute atomic E-state index is 5.91. The first-order valence-corrected chi connectivity index (χ1v) is 8.92. The van der Waals surface area contributed by atoms with Crippen LogP contribution < -0.4 is 5.32 Å². The molecule has 1 saturated carbocycles. The fraction of sp³-hybridized carbons (Fsp3) is 0.300. The molecule has 2 aromatic heterocycles. The first-order chi connectivity index (χ1) is 12.1. The molecule has 0 atom stereocenters. The average Bonchev–Trinajstić information content (AvgIpc) is 3.28. The van der Waals surface area contributed by atoms with E-state index in [0.717, 1.165) is 30.9 Å². The molecular formula is C20H21ClN4. The van der Waals surface area contributed by atoms with E-state index in [2.05, 4.69) is 51.0 Å². The molecule has 5 heteroatoms. The lowest BCUT2D eigenvalue weighted by atomic mass is 10.0. The van der Waals surface area contributed by atoms with Gasteiger partial charge in [0.1, 0.15) is 11.0 Å². The molecule has 1 fully saturated rings. The van der Waals surface area contributed by atoms with Crippen molar-refractivity contribution in [3.63, 3.8) is 0 Å².